The summed E-state index contributed by atoms with van der Waals surface area (Å²) in [7, 11) is 0. The summed E-state index contributed by atoms with van der Waals surface area (Å²) in [6.07, 6.45) is 6.83. The summed E-state index contributed by atoms with van der Waals surface area (Å²) in [5.74, 6) is 1.36. The molecule has 1 amide bonds. The van der Waals surface area contributed by atoms with E-state index in [9.17, 15) is 4.79 Å². The minimum Gasteiger partial charge on any atom is -0.459 e. The van der Waals surface area contributed by atoms with Crippen LogP contribution in [0.25, 0.3) is 21.9 Å². The van der Waals surface area contributed by atoms with E-state index in [-0.39, 0.29) is 5.91 Å². The molecule has 1 saturated carbocycles. The van der Waals surface area contributed by atoms with Crippen LogP contribution in [0, 0.1) is 5.92 Å². The lowest BCUT2D eigenvalue weighted by atomic mass is 9.89. The molecule has 4 aromatic rings. The minimum atomic E-state index is -0.0614. The van der Waals surface area contributed by atoms with E-state index < -0.39 is 0 Å². The van der Waals surface area contributed by atoms with Crippen LogP contribution in [0.5, 0.6) is 0 Å². The van der Waals surface area contributed by atoms with E-state index in [0.29, 0.717) is 23.0 Å². The Balaban J connectivity index is 1.41. The molecule has 31 heavy (non-hydrogen) atoms. The number of halogens is 2. The molecule has 2 aromatic carbocycles. The molecule has 2 aromatic heterocycles. The van der Waals surface area contributed by atoms with E-state index in [1.165, 1.54) is 25.7 Å². The van der Waals surface area contributed by atoms with Crippen LogP contribution in [-0.2, 0) is 6.54 Å². The number of hydrogen-bond donors (Lipinski definition) is 1. The van der Waals surface area contributed by atoms with E-state index in [4.69, 9.17) is 16.0 Å². The number of furan rings is 1. The lowest BCUT2D eigenvalue weighted by Crippen LogP contribution is -2.31. The van der Waals surface area contributed by atoms with Crippen molar-refractivity contribution in [1.82, 2.24) is 9.88 Å². The van der Waals surface area contributed by atoms with Crippen molar-refractivity contribution in [3.8, 4) is 0 Å². The molecule has 6 heteroatoms. The largest absolute Gasteiger partial charge is 0.459 e. The SMILES string of the molecule is O=C(NC[C@H]1CC[C@H](I)CC1)c1cc(Cl)cc2ccn(Cc3cc4ccccc4o3)c12. The highest BCUT2D eigenvalue weighted by Crippen LogP contribution is 2.30. The van der Waals surface area contributed by atoms with Crippen LogP contribution in [0.15, 0.2) is 59.1 Å². The standard InChI is InChI=1S/C25H24ClIN2O2/c26-19-11-18-9-10-29(15-21-12-17-3-1-2-4-23(17)31-21)24(18)22(13-19)25(30)28-14-16-5-7-20(27)8-6-16/h1-4,9-13,16,20H,5-8,14-15H2,(H,28,30)/t16-,20-. The first kappa shape index (κ1) is 20.9. The van der Waals surface area contributed by atoms with Crippen molar-refractivity contribution in [3.05, 3.63) is 71.1 Å². The van der Waals surface area contributed by atoms with Gasteiger partial charge in [0.15, 0.2) is 0 Å². The maximum Gasteiger partial charge on any atom is 0.253 e. The molecule has 1 aliphatic carbocycles. The van der Waals surface area contributed by atoms with E-state index in [1.807, 2.05) is 42.6 Å². The van der Waals surface area contributed by atoms with Crippen molar-refractivity contribution in [3.63, 3.8) is 0 Å². The number of para-hydroxylation sites is 1. The number of nitrogens with one attached hydrogen (secondary N) is 1. The van der Waals surface area contributed by atoms with Crippen LogP contribution < -0.4 is 5.32 Å². The number of rotatable bonds is 5. The number of carbonyl (C=O) groups is 1. The van der Waals surface area contributed by atoms with Gasteiger partial charge in [-0.15, -0.1) is 0 Å². The Bertz CT molecular complexity index is 1200. The van der Waals surface area contributed by atoms with Gasteiger partial charge in [0.1, 0.15) is 11.3 Å². The first-order chi connectivity index (χ1) is 15.1. The maximum absolute atomic E-state index is 13.2. The van der Waals surface area contributed by atoms with Crippen molar-refractivity contribution in [2.75, 3.05) is 6.54 Å². The minimum absolute atomic E-state index is 0.0614. The second-order valence-electron chi connectivity index (χ2n) is 8.41. The fourth-order valence-electron chi connectivity index (χ4n) is 4.56. The number of benzene rings is 2. The zero-order valence-corrected chi connectivity index (χ0v) is 20.0. The fraction of sp³-hybridized carbons (Fsp3) is 0.320. The summed E-state index contributed by atoms with van der Waals surface area (Å²) in [4.78, 5) is 13.2. The number of alkyl halides is 1. The fourth-order valence-corrected chi connectivity index (χ4v) is 5.50. The molecule has 4 nitrogen and oxygen atoms in total. The molecular formula is C25H24ClIN2O2. The highest BCUT2D eigenvalue weighted by atomic mass is 127. The molecule has 0 atom stereocenters. The molecule has 2 heterocycles. The molecule has 1 aliphatic rings. The molecule has 5 rings (SSSR count). The number of hydrogen-bond acceptors (Lipinski definition) is 2. The zero-order chi connectivity index (χ0) is 21.4. The Morgan fingerprint density at radius 1 is 1.10 bits per heavy atom. The Labute approximate surface area is 200 Å². The molecule has 0 spiro atoms. The highest BCUT2D eigenvalue weighted by molar-refractivity contribution is 14.1. The number of nitrogens with zero attached hydrogens (tertiary/aromatic N) is 1. The average molecular weight is 547 g/mol. The molecule has 0 bridgehead atoms. The Kier molecular flexibility index (Phi) is 5.97. The predicted molar refractivity (Wildman–Crippen MR) is 134 cm³/mol. The van der Waals surface area contributed by atoms with Gasteiger partial charge in [-0.3, -0.25) is 4.79 Å². The number of fused-ring (bicyclic) bond motifs is 2. The van der Waals surface area contributed by atoms with Crippen molar-refractivity contribution in [2.24, 2.45) is 5.92 Å². The molecule has 1 N–H and O–H groups in total. The summed E-state index contributed by atoms with van der Waals surface area (Å²) in [6, 6.07) is 15.7. The van der Waals surface area contributed by atoms with Crippen LogP contribution in [0.1, 0.15) is 41.8 Å². The van der Waals surface area contributed by atoms with Crippen LogP contribution in [0.2, 0.25) is 5.02 Å². The first-order valence-corrected chi connectivity index (χ1v) is 12.4. The average Bonchev–Trinajstić information content (AvgIpc) is 3.36. The summed E-state index contributed by atoms with van der Waals surface area (Å²) < 4.78 is 8.85. The van der Waals surface area contributed by atoms with Gasteiger partial charge >= 0.3 is 0 Å². The molecule has 160 valence electrons. The van der Waals surface area contributed by atoms with Crippen molar-refractivity contribution in [1.29, 1.82) is 0 Å². The lowest BCUT2D eigenvalue weighted by Gasteiger charge is -2.25. The van der Waals surface area contributed by atoms with Gasteiger partial charge in [-0.25, -0.2) is 0 Å². The number of carbonyl (C=O) groups excluding carboxylic acids is 1. The van der Waals surface area contributed by atoms with Crippen LogP contribution in [0.3, 0.4) is 0 Å². The summed E-state index contributed by atoms with van der Waals surface area (Å²) >= 11 is 8.88. The van der Waals surface area contributed by atoms with E-state index in [2.05, 4.69) is 38.5 Å². The van der Waals surface area contributed by atoms with E-state index in [0.717, 1.165) is 38.1 Å². The van der Waals surface area contributed by atoms with Crippen molar-refractivity contribution < 1.29 is 9.21 Å². The highest BCUT2D eigenvalue weighted by Gasteiger charge is 2.21. The second-order valence-corrected chi connectivity index (χ2v) is 10.6. The number of aromatic nitrogens is 1. The Morgan fingerprint density at radius 3 is 2.71 bits per heavy atom. The summed E-state index contributed by atoms with van der Waals surface area (Å²) in [6.45, 7) is 1.28. The normalized spacial score (nSPS) is 19.2. The van der Waals surface area contributed by atoms with Crippen LogP contribution >= 0.6 is 34.2 Å². The van der Waals surface area contributed by atoms with Gasteiger partial charge in [0.2, 0.25) is 0 Å². The van der Waals surface area contributed by atoms with Crippen molar-refractivity contribution >= 4 is 62.0 Å². The Morgan fingerprint density at radius 2 is 1.90 bits per heavy atom. The van der Waals surface area contributed by atoms with Gasteiger partial charge in [-0.1, -0.05) is 52.4 Å². The van der Waals surface area contributed by atoms with Gasteiger partial charge in [-0.05, 0) is 61.9 Å². The van der Waals surface area contributed by atoms with Crippen LogP contribution in [0.4, 0.5) is 0 Å². The monoisotopic (exact) mass is 546 g/mol. The van der Waals surface area contributed by atoms with Gasteiger partial charge < -0.3 is 14.3 Å². The quantitative estimate of drug-likeness (QED) is 0.221. The van der Waals surface area contributed by atoms with Gasteiger partial charge in [0.05, 0.1) is 17.6 Å². The first-order valence-electron chi connectivity index (χ1n) is 10.7. The topological polar surface area (TPSA) is 47.2 Å². The Hall–Kier alpha value is -1.99. The molecular weight excluding hydrogens is 523 g/mol. The molecule has 0 unspecified atom stereocenters. The third kappa shape index (κ3) is 4.48. The van der Waals surface area contributed by atoms with Gasteiger partial charge in [0, 0.05) is 32.5 Å². The zero-order valence-electron chi connectivity index (χ0n) is 17.1. The summed E-state index contributed by atoms with van der Waals surface area (Å²) in [5.41, 5.74) is 2.38. The molecule has 1 fully saturated rings. The van der Waals surface area contributed by atoms with E-state index in [1.54, 1.807) is 6.07 Å². The van der Waals surface area contributed by atoms with Crippen LogP contribution in [-0.4, -0.2) is 20.9 Å². The predicted octanol–water partition coefficient (Wildman–Crippen LogP) is 6.81. The summed E-state index contributed by atoms with van der Waals surface area (Å²) in [5, 5.41) is 5.78. The number of amides is 1. The molecule has 0 radical (unpaired) electrons. The molecule has 0 aliphatic heterocycles. The third-order valence-corrected chi connectivity index (χ3v) is 7.66. The van der Waals surface area contributed by atoms with Crippen molar-refractivity contribution in [2.45, 2.75) is 36.2 Å². The van der Waals surface area contributed by atoms with Gasteiger partial charge in [0.25, 0.3) is 5.91 Å². The van der Waals surface area contributed by atoms with Gasteiger partial charge in [-0.2, -0.15) is 0 Å². The third-order valence-electron chi connectivity index (χ3n) is 6.20. The maximum atomic E-state index is 13.2. The smallest absolute Gasteiger partial charge is 0.253 e. The van der Waals surface area contributed by atoms with E-state index >= 15 is 0 Å². The second kappa shape index (κ2) is 8.87. The lowest BCUT2D eigenvalue weighted by molar-refractivity contribution is 0.0945. The molecule has 0 saturated heterocycles.